The number of nitrogens with two attached hydrogens (primary N) is 1. The Morgan fingerprint density at radius 3 is 2.81 bits per heavy atom. The van der Waals surface area contributed by atoms with Crippen LogP contribution in [0.5, 0.6) is 11.5 Å². The van der Waals surface area contributed by atoms with E-state index >= 15 is 0 Å². The summed E-state index contributed by atoms with van der Waals surface area (Å²) in [6, 6.07) is 5.53. The normalized spacial score (nSPS) is 32.0. The van der Waals surface area contributed by atoms with E-state index in [-0.39, 0.29) is 18.2 Å². The Balaban J connectivity index is 1.74. The fraction of sp³-hybridized carbons (Fsp3) is 0.647. The molecular weight excluding hydrogens is 264 g/mol. The van der Waals surface area contributed by atoms with Crippen LogP contribution in [0.25, 0.3) is 0 Å². The van der Waals surface area contributed by atoms with Crippen LogP contribution >= 0.6 is 0 Å². The maximum absolute atomic E-state index is 6.43. The van der Waals surface area contributed by atoms with Crippen LogP contribution in [0.1, 0.15) is 43.4 Å². The SMILES string of the molecule is COc1cc2c(cc1C1C(N)CCN1C1CC1)OC(C)C2. The van der Waals surface area contributed by atoms with Crippen LogP contribution in [0.15, 0.2) is 12.1 Å². The Morgan fingerprint density at radius 2 is 2.10 bits per heavy atom. The van der Waals surface area contributed by atoms with Gasteiger partial charge in [0, 0.05) is 36.2 Å². The number of rotatable bonds is 3. The van der Waals surface area contributed by atoms with Crippen molar-refractivity contribution < 1.29 is 9.47 Å². The molecule has 1 saturated heterocycles. The van der Waals surface area contributed by atoms with Gasteiger partial charge in [0.2, 0.25) is 0 Å². The number of fused-ring (bicyclic) bond motifs is 1. The number of ether oxygens (including phenoxy) is 2. The van der Waals surface area contributed by atoms with Crippen molar-refractivity contribution in [3.05, 3.63) is 23.3 Å². The number of benzene rings is 1. The molecule has 4 nitrogen and oxygen atoms in total. The Labute approximate surface area is 126 Å². The van der Waals surface area contributed by atoms with E-state index in [2.05, 4.69) is 24.0 Å². The van der Waals surface area contributed by atoms with Crippen molar-refractivity contribution >= 4 is 0 Å². The lowest BCUT2D eigenvalue weighted by atomic mass is 9.97. The largest absolute Gasteiger partial charge is 0.496 e. The minimum Gasteiger partial charge on any atom is -0.496 e. The molecule has 2 N–H and O–H groups in total. The van der Waals surface area contributed by atoms with E-state index in [1.54, 1.807) is 7.11 Å². The highest BCUT2D eigenvalue weighted by Gasteiger charge is 2.43. The molecule has 4 heteroatoms. The van der Waals surface area contributed by atoms with Crippen LogP contribution in [0.2, 0.25) is 0 Å². The lowest BCUT2D eigenvalue weighted by Gasteiger charge is -2.28. The summed E-state index contributed by atoms with van der Waals surface area (Å²) in [5.74, 6) is 1.99. The Morgan fingerprint density at radius 1 is 1.29 bits per heavy atom. The molecule has 2 fully saturated rings. The summed E-state index contributed by atoms with van der Waals surface area (Å²) in [7, 11) is 1.76. The second-order valence-electron chi connectivity index (χ2n) is 6.70. The first-order chi connectivity index (χ1) is 10.2. The van der Waals surface area contributed by atoms with Gasteiger partial charge in [-0.1, -0.05) is 0 Å². The molecule has 1 saturated carbocycles. The molecule has 2 heterocycles. The Kier molecular flexibility index (Phi) is 3.12. The molecule has 3 unspecified atom stereocenters. The standard InChI is InChI=1S/C17H24N2O2/c1-10-7-11-8-16(20-2)13(9-15(11)21-10)17-14(18)5-6-19(17)12-3-4-12/h8-10,12,14,17H,3-7,18H2,1-2H3. The van der Waals surface area contributed by atoms with Crippen molar-refractivity contribution in [1.29, 1.82) is 0 Å². The third-order valence-corrected chi connectivity index (χ3v) is 5.07. The summed E-state index contributed by atoms with van der Waals surface area (Å²) in [5.41, 5.74) is 8.89. The molecular formula is C17H24N2O2. The predicted molar refractivity (Wildman–Crippen MR) is 81.8 cm³/mol. The zero-order valence-electron chi connectivity index (χ0n) is 12.8. The van der Waals surface area contributed by atoms with Gasteiger partial charge in [-0.05, 0) is 38.3 Å². The number of methoxy groups -OCH3 is 1. The zero-order chi connectivity index (χ0) is 14.6. The first-order valence-corrected chi connectivity index (χ1v) is 8.06. The highest BCUT2D eigenvalue weighted by molar-refractivity contribution is 5.50. The van der Waals surface area contributed by atoms with Crippen molar-refractivity contribution in [2.45, 2.75) is 56.8 Å². The Bertz CT molecular complexity index is 556. The molecule has 3 aliphatic rings. The number of nitrogens with zero attached hydrogens (tertiary/aromatic N) is 1. The summed E-state index contributed by atoms with van der Waals surface area (Å²) >= 11 is 0. The third-order valence-electron chi connectivity index (χ3n) is 5.07. The average molecular weight is 288 g/mol. The van der Waals surface area contributed by atoms with Gasteiger partial charge in [-0.25, -0.2) is 0 Å². The van der Waals surface area contributed by atoms with Crippen LogP contribution in [-0.2, 0) is 6.42 Å². The first kappa shape index (κ1) is 13.4. The van der Waals surface area contributed by atoms with Crippen LogP contribution in [-0.4, -0.2) is 36.7 Å². The van der Waals surface area contributed by atoms with E-state index in [1.807, 2.05) is 0 Å². The summed E-state index contributed by atoms with van der Waals surface area (Å²) in [5, 5.41) is 0. The molecule has 0 aromatic heterocycles. The predicted octanol–water partition coefficient (Wildman–Crippen LogP) is 2.26. The maximum atomic E-state index is 6.43. The van der Waals surface area contributed by atoms with Crippen molar-refractivity contribution in [1.82, 2.24) is 4.90 Å². The topological polar surface area (TPSA) is 47.7 Å². The lowest BCUT2D eigenvalue weighted by Crippen LogP contribution is -2.33. The van der Waals surface area contributed by atoms with Crippen LogP contribution in [0, 0.1) is 0 Å². The summed E-state index contributed by atoms with van der Waals surface area (Å²) < 4.78 is 11.6. The number of hydrogen-bond donors (Lipinski definition) is 1. The highest BCUT2D eigenvalue weighted by Crippen LogP contribution is 2.45. The molecule has 1 aliphatic carbocycles. The molecule has 0 spiro atoms. The van der Waals surface area contributed by atoms with Gasteiger partial charge in [-0.2, -0.15) is 0 Å². The monoisotopic (exact) mass is 288 g/mol. The van der Waals surface area contributed by atoms with Crippen molar-refractivity contribution in [3.63, 3.8) is 0 Å². The van der Waals surface area contributed by atoms with E-state index in [4.69, 9.17) is 15.2 Å². The zero-order valence-corrected chi connectivity index (χ0v) is 12.8. The molecule has 1 aromatic rings. The second kappa shape index (κ2) is 4.89. The van der Waals surface area contributed by atoms with Gasteiger partial charge < -0.3 is 15.2 Å². The van der Waals surface area contributed by atoms with Gasteiger partial charge in [0.1, 0.15) is 17.6 Å². The van der Waals surface area contributed by atoms with Gasteiger partial charge in [-0.3, -0.25) is 4.90 Å². The number of likely N-dealkylation sites (tertiary alicyclic amines) is 1. The fourth-order valence-electron chi connectivity index (χ4n) is 3.93. The highest BCUT2D eigenvalue weighted by atomic mass is 16.5. The fourth-order valence-corrected chi connectivity index (χ4v) is 3.93. The van der Waals surface area contributed by atoms with Crippen LogP contribution in [0.4, 0.5) is 0 Å². The smallest absolute Gasteiger partial charge is 0.124 e. The second-order valence-corrected chi connectivity index (χ2v) is 6.70. The van der Waals surface area contributed by atoms with Crippen molar-refractivity contribution in [2.24, 2.45) is 5.73 Å². The van der Waals surface area contributed by atoms with E-state index in [1.165, 1.54) is 24.0 Å². The number of hydrogen-bond acceptors (Lipinski definition) is 4. The quantitative estimate of drug-likeness (QED) is 0.927. The summed E-state index contributed by atoms with van der Waals surface area (Å²) in [4.78, 5) is 2.58. The van der Waals surface area contributed by atoms with Crippen molar-refractivity contribution in [3.8, 4) is 11.5 Å². The van der Waals surface area contributed by atoms with E-state index in [0.717, 1.165) is 36.9 Å². The molecule has 4 rings (SSSR count). The first-order valence-electron chi connectivity index (χ1n) is 8.06. The molecule has 114 valence electrons. The maximum Gasteiger partial charge on any atom is 0.124 e. The minimum absolute atomic E-state index is 0.191. The van der Waals surface area contributed by atoms with Gasteiger partial charge in [-0.15, -0.1) is 0 Å². The van der Waals surface area contributed by atoms with Crippen LogP contribution in [0.3, 0.4) is 0 Å². The van der Waals surface area contributed by atoms with Crippen molar-refractivity contribution in [2.75, 3.05) is 13.7 Å². The van der Waals surface area contributed by atoms with Gasteiger partial charge in [0.25, 0.3) is 0 Å². The summed E-state index contributed by atoms with van der Waals surface area (Å²) in [6.45, 7) is 3.22. The summed E-state index contributed by atoms with van der Waals surface area (Å²) in [6.07, 6.45) is 4.92. The van der Waals surface area contributed by atoms with Gasteiger partial charge in [0.05, 0.1) is 13.2 Å². The van der Waals surface area contributed by atoms with Crippen LogP contribution < -0.4 is 15.2 Å². The molecule has 0 radical (unpaired) electrons. The third kappa shape index (κ3) is 2.21. The minimum atomic E-state index is 0.191. The molecule has 0 bridgehead atoms. The van der Waals surface area contributed by atoms with E-state index in [0.29, 0.717) is 0 Å². The van der Waals surface area contributed by atoms with E-state index in [9.17, 15) is 0 Å². The van der Waals surface area contributed by atoms with Gasteiger partial charge >= 0.3 is 0 Å². The molecule has 1 aromatic carbocycles. The average Bonchev–Trinajstić information content (AvgIpc) is 3.14. The van der Waals surface area contributed by atoms with Gasteiger partial charge in [0.15, 0.2) is 0 Å². The lowest BCUT2D eigenvalue weighted by molar-refractivity contribution is 0.229. The van der Waals surface area contributed by atoms with E-state index < -0.39 is 0 Å². The molecule has 21 heavy (non-hydrogen) atoms. The Hall–Kier alpha value is -1.26. The molecule has 3 atom stereocenters. The molecule has 2 aliphatic heterocycles. The molecule has 0 amide bonds.